The average molecular weight is 317 g/mol. The Bertz CT molecular complexity index is 762. The topological polar surface area (TPSA) is 84.3 Å². The van der Waals surface area contributed by atoms with E-state index in [2.05, 4.69) is 10.6 Å². The molecule has 0 unspecified atom stereocenters. The van der Waals surface area contributed by atoms with E-state index < -0.39 is 10.7 Å². The van der Waals surface area contributed by atoms with Crippen LogP contribution < -0.4 is 10.6 Å². The maximum atomic E-state index is 13.0. The highest BCUT2D eigenvalue weighted by Crippen LogP contribution is 2.26. The monoisotopic (exact) mass is 317 g/mol. The van der Waals surface area contributed by atoms with E-state index >= 15 is 0 Å². The average Bonchev–Trinajstić information content (AvgIpc) is 2.46. The number of benzene rings is 2. The Morgan fingerprint density at radius 3 is 2.61 bits per heavy atom. The van der Waals surface area contributed by atoms with Crippen LogP contribution in [-0.4, -0.2) is 17.4 Å². The van der Waals surface area contributed by atoms with E-state index in [1.807, 2.05) is 0 Å². The molecule has 0 aliphatic heterocycles. The molecule has 0 atom stereocenters. The van der Waals surface area contributed by atoms with Crippen molar-refractivity contribution in [3.8, 4) is 0 Å². The first-order chi connectivity index (χ1) is 10.9. The number of rotatable bonds is 5. The summed E-state index contributed by atoms with van der Waals surface area (Å²) < 4.78 is 13.0. The van der Waals surface area contributed by atoms with E-state index in [0.29, 0.717) is 16.9 Å². The van der Waals surface area contributed by atoms with Gasteiger partial charge in [-0.1, -0.05) is 6.07 Å². The predicted molar refractivity (Wildman–Crippen MR) is 86.1 cm³/mol. The third kappa shape index (κ3) is 4.26. The summed E-state index contributed by atoms with van der Waals surface area (Å²) in [7, 11) is 0. The lowest BCUT2D eigenvalue weighted by Crippen LogP contribution is -2.22. The minimum Gasteiger partial charge on any atom is -0.376 e. The molecule has 0 aliphatic carbocycles. The normalized spacial score (nSPS) is 10.2. The summed E-state index contributed by atoms with van der Waals surface area (Å²) in [6.45, 7) is 3.37. The van der Waals surface area contributed by atoms with Crippen molar-refractivity contribution in [3.63, 3.8) is 0 Å². The zero-order chi connectivity index (χ0) is 17.0. The highest BCUT2D eigenvalue weighted by Gasteiger charge is 2.14. The largest absolute Gasteiger partial charge is 0.376 e. The first kappa shape index (κ1) is 16.4. The Labute approximate surface area is 132 Å². The number of amides is 1. The lowest BCUT2D eigenvalue weighted by molar-refractivity contribution is -0.385. The smallest absolute Gasteiger partial charge is 0.274 e. The zero-order valence-electron chi connectivity index (χ0n) is 12.7. The van der Waals surface area contributed by atoms with Crippen molar-refractivity contribution in [2.24, 2.45) is 0 Å². The van der Waals surface area contributed by atoms with Gasteiger partial charge in [0.05, 0.1) is 11.5 Å². The predicted octanol–water partition coefficient (Wildman–Crippen LogP) is 3.40. The maximum absolute atomic E-state index is 13.0. The number of carbonyl (C=O) groups is 1. The molecule has 0 radical (unpaired) electrons. The van der Waals surface area contributed by atoms with Crippen molar-refractivity contribution in [2.75, 3.05) is 17.2 Å². The summed E-state index contributed by atoms with van der Waals surface area (Å²) in [5.41, 5.74) is 2.21. The van der Waals surface area contributed by atoms with Crippen molar-refractivity contribution < 1.29 is 14.1 Å². The molecule has 23 heavy (non-hydrogen) atoms. The molecule has 120 valence electrons. The van der Waals surface area contributed by atoms with Crippen LogP contribution in [0.15, 0.2) is 36.4 Å². The van der Waals surface area contributed by atoms with Crippen LogP contribution in [0.25, 0.3) is 0 Å². The van der Waals surface area contributed by atoms with Crippen LogP contribution in [0.2, 0.25) is 0 Å². The van der Waals surface area contributed by atoms with Crippen LogP contribution in [-0.2, 0) is 4.79 Å². The van der Waals surface area contributed by atoms with Gasteiger partial charge >= 0.3 is 0 Å². The minimum absolute atomic E-state index is 0.0105. The van der Waals surface area contributed by atoms with Gasteiger partial charge in [-0.15, -0.1) is 0 Å². The highest BCUT2D eigenvalue weighted by atomic mass is 19.1. The number of nitrogens with zero attached hydrogens (tertiary/aromatic N) is 1. The first-order valence-corrected chi connectivity index (χ1v) is 6.92. The Morgan fingerprint density at radius 1 is 1.22 bits per heavy atom. The van der Waals surface area contributed by atoms with Gasteiger partial charge < -0.3 is 10.6 Å². The summed E-state index contributed by atoms with van der Waals surface area (Å²) in [5, 5.41) is 16.4. The van der Waals surface area contributed by atoms with Crippen molar-refractivity contribution in [1.82, 2.24) is 0 Å². The number of hydrogen-bond donors (Lipinski definition) is 2. The number of anilines is 2. The number of nitrogens with one attached hydrogen (secondary N) is 2. The van der Waals surface area contributed by atoms with E-state index in [4.69, 9.17) is 0 Å². The number of carbonyl (C=O) groups excluding carboxylic acids is 1. The van der Waals surface area contributed by atoms with Crippen LogP contribution in [0.3, 0.4) is 0 Å². The van der Waals surface area contributed by atoms with Crippen LogP contribution in [0.4, 0.5) is 21.5 Å². The van der Waals surface area contributed by atoms with E-state index in [-0.39, 0.29) is 18.1 Å². The van der Waals surface area contributed by atoms with Crippen molar-refractivity contribution in [3.05, 3.63) is 63.5 Å². The third-order valence-corrected chi connectivity index (χ3v) is 3.29. The Balaban J connectivity index is 2.04. The molecule has 1 amide bonds. The maximum Gasteiger partial charge on any atom is 0.274 e. The molecule has 2 aromatic carbocycles. The molecule has 0 bridgehead atoms. The summed E-state index contributed by atoms with van der Waals surface area (Å²) >= 11 is 0. The van der Waals surface area contributed by atoms with E-state index in [1.54, 1.807) is 26.0 Å². The molecule has 6 nitrogen and oxygen atoms in total. The van der Waals surface area contributed by atoms with E-state index in [0.717, 1.165) is 5.56 Å². The summed E-state index contributed by atoms with van der Waals surface area (Å²) in [6, 6.07) is 8.64. The molecule has 0 saturated carbocycles. The molecule has 2 N–H and O–H groups in total. The van der Waals surface area contributed by atoms with Gasteiger partial charge in [0.1, 0.15) is 5.82 Å². The molecule has 7 heteroatoms. The molecule has 0 fully saturated rings. The van der Waals surface area contributed by atoms with Crippen molar-refractivity contribution in [2.45, 2.75) is 13.8 Å². The van der Waals surface area contributed by atoms with Gasteiger partial charge in [-0.2, -0.15) is 0 Å². The van der Waals surface area contributed by atoms with Gasteiger partial charge in [-0.05, 0) is 43.7 Å². The molecule has 0 saturated heterocycles. The fourth-order valence-corrected chi connectivity index (χ4v) is 2.17. The number of nitro groups is 1. The van der Waals surface area contributed by atoms with Crippen molar-refractivity contribution in [1.29, 1.82) is 0 Å². The lowest BCUT2D eigenvalue weighted by atomic mass is 10.1. The Kier molecular flexibility index (Phi) is 4.90. The van der Waals surface area contributed by atoms with E-state index in [1.165, 1.54) is 24.3 Å². The first-order valence-electron chi connectivity index (χ1n) is 6.92. The second kappa shape index (κ2) is 6.87. The van der Waals surface area contributed by atoms with Gasteiger partial charge in [0.15, 0.2) is 0 Å². The van der Waals surface area contributed by atoms with Crippen LogP contribution in [0.1, 0.15) is 11.1 Å². The quantitative estimate of drug-likeness (QED) is 0.654. The Morgan fingerprint density at radius 2 is 1.96 bits per heavy atom. The van der Waals surface area contributed by atoms with Crippen molar-refractivity contribution >= 4 is 23.0 Å². The summed E-state index contributed by atoms with van der Waals surface area (Å²) in [4.78, 5) is 22.4. The van der Waals surface area contributed by atoms with Gasteiger partial charge in [-0.3, -0.25) is 14.9 Å². The van der Waals surface area contributed by atoms with E-state index in [9.17, 15) is 19.3 Å². The fraction of sp³-hybridized carbons (Fsp3) is 0.188. The number of nitro benzene ring substituents is 1. The molecular formula is C16H16FN3O3. The fourth-order valence-electron chi connectivity index (χ4n) is 2.17. The van der Waals surface area contributed by atoms with Gasteiger partial charge in [0, 0.05) is 23.0 Å². The number of hydrogen-bond acceptors (Lipinski definition) is 4. The molecule has 0 heterocycles. The molecule has 2 aromatic rings. The SMILES string of the molecule is Cc1cc(C)c([N+](=O)[O-])cc1NCC(=O)Nc1cccc(F)c1. The summed E-state index contributed by atoms with van der Waals surface area (Å²) in [5.74, 6) is -0.820. The molecular weight excluding hydrogens is 301 g/mol. The second-order valence-corrected chi connectivity index (χ2v) is 5.12. The van der Waals surface area contributed by atoms with Gasteiger partial charge in [0.2, 0.25) is 5.91 Å². The number of halogens is 1. The molecule has 2 rings (SSSR count). The van der Waals surface area contributed by atoms with Gasteiger partial charge in [-0.25, -0.2) is 4.39 Å². The zero-order valence-corrected chi connectivity index (χ0v) is 12.7. The van der Waals surface area contributed by atoms with Crippen LogP contribution in [0, 0.1) is 29.8 Å². The molecule has 0 aliphatic rings. The minimum atomic E-state index is -0.466. The Hall–Kier alpha value is -2.96. The molecule has 0 aromatic heterocycles. The highest BCUT2D eigenvalue weighted by molar-refractivity contribution is 5.93. The third-order valence-electron chi connectivity index (χ3n) is 3.29. The van der Waals surface area contributed by atoms with Crippen LogP contribution >= 0.6 is 0 Å². The lowest BCUT2D eigenvalue weighted by Gasteiger charge is -2.11. The second-order valence-electron chi connectivity index (χ2n) is 5.12. The standard InChI is InChI=1S/C16H16FN3O3/c1-10-6-11(2)15(20(22)23)8-14(10)18-9-16(21)19-13-5-3-4-12(17)7-13/h3-8,18H,9H2,1-2H3,(H,19,21). The summed E-state index contributed by atoms with van der Waals surface area (Å²) in [6.07, 6.45) is 0. The van der Waals surface area contributed by atoms with Crippen LogP contribution in [0.5, 0.6) is 0 Å². The van der Waals surface area contributed by atoms with Gasteiger partial charge in [0.25, 0.3) is 5.69 Å². The molecule has 0 spiro atoms. The number of aryl methyl sites for hydroxylation is 2.